The van der Waals surface area contributed by atoms with E-state index >= 15 is 0 Å². The van der Waals surface area contributed by atoms with Gasteiger partial charge in [0.25, 0.3) is 0 Å². The van der Waals surface area contributed by atoms with Crippen LogP contribution >= 0.6 is 22.6 Å². The van der Waals surface area contributed by atoms with E-state index in [1.807, 2.05) is 0 Å². The van der Waals surface area contributed by atoms with Gasteiger partial charge in [-0.2, -0.15) is 0 Å². The first-order chi connectivity index (χ1) is 6.00. The van der Waals surface area contributed by atoms with E-state index < -0.39 is 34.4 Å². The van der Waals surface area contributed by atoms with Gasteiger partial charge in [-0.15, -0.1) is 0 Å². The van der Waals surface area contributed by atoms with Crippen molar-refractivity contribution in [1.82, 2.24) is 0 Å². The van der Waals surface area contributed by atoms with Crippen LogP contribution in [-0.4, -0.2) is 0 Å². The number of benzene rings is 1. The summed E-state index contributed by atoms with van der Waals surface area (Å²) in [7, 11) is 0. The molecule has 13 heavy (non-hydrogen) atoms. The first-order valence-corrected chi connectivity index (χ1v) is 4.90. The lowest BCUT2D eigenvalue weighted by atomic mass is 10.1. The molecule has 0 saturated carbocycles. The van der Waals surface area contributed by atoms with Crippen molar-refractivity contribution in [3.8, 4) is 0 Å². The lowest BCUT2D eigenvalue weighted by Gasteiger charge is -2.06. The van der Waals surface area contributed by atoms with Gasteiger partial charge in [-0.25, -0.2) is 17.6 Å². The minimum absolute atomic E-state index is 0.0343. The Balaban J connectivity index is 3.56. The summed E-state index contributed by atoms with van der Waals surface area (Å²) in [6, 6.07) is 0. The molecule has 0 aliphatic carbocycles. The summed E-state index contributed by atoms with van der Waals surface area (Å²) < 4.78 is 51.3. The average molecular weight is 304 g/mol. The fraction of sp³-hybridized carbons (Fsp3) is 0.250. The predicted molar refractivity (Wildman–Crippen MR) is 48.7 cm³/mol. The van der Waals surface area contributed by atoms with Crippen LogP contribution in [0.25, 0.3) is 0 Å². The van der Waals surface area contributed by atoms with Gasteiger partial charge in [0, 0.05) is 15.6 Å². The molecule has 1 aromatic carbocycles. The van der Waals surface area contributed by atoms with E-state index in [0.29, 0.717) is 0 Å². The van der Waals surface area contributed by atoms with Crippen molar-refractivity contribution in [3.05, 3.63) is 34.4 Å². The van der Waals surface area contributed by atoms with E-state index in [1.165, 1.54) is 0 Å². The van der Waals surface area contributed by atoms with Gasteiger partial charge in [0.05, 0.1) is 0 Å². The standard InChI is InChI=1S/C8H5F4I/c1-3-5(9)4(2-13)7(11)8(12)6(3)10/h2H2,1H3. The van der Waals surface area contributed by atoms with Crippen LogP contribution in [0.1, 0.15) is 11.1 Å². The molecule has 0 radical (unpaired) electrons. The van der Waals surface area contributed by atoms with Crippen LogP contribution in [0.3, 0.4) is 0 Å². The van der Waals surface area contributed by atoms with Crippen molar-refractivity contribution >= 4 is 22.6 Å². The van der Waals surface area contributed by atoms with Crippen molar-refractivity contribution in [1.29, 1.82) is 0 Å². The van der Waals surface area contributed by atoms with Gasteiger partial charge < -0.3 is 0 Å². The van der Waals surface area contributed by atoms with Crippen molar-refractivity contribution in [2.75, 3.05) is 0 Å². The molecule has 0 fully saturated rings. The quantitative estimate of drug-likeness (QED) is 0.245. The van der Waals surface area contributed by atoms with Gasteiger partial charge in [0.2, 0.25) is 0 Å². The summed E-state index contributed by atoms with van der Waals surface area (Å²) in [5, 5.41) is 0. The molecule has 0 nitrogen and oxygen atoms in total. The largest absolute Gasteiger partial charge is 0.206 e. The van der Waals surface area contributed by atoms with E-state index in [1.54, 1.807) is 22.6 Å². The molecule has 0 aliphatic heterocycles. The highest BCUT2D eigenvalue weighted by molar-refractivity contribution is 14.1. The van der Waals surface area contributed by atoms with E-state index in [0.717, 1.165) is 6.92 Å². The highest BCUT2D eigenvalue weighted by Gasteiger charge is 2.21. The molecule has 0 aromatic heterocycles. The van der Waals surface area contributed by atoms with Crippen LogP contribution in [0.15, 0.2) is 0 Å². The maximum absolute atomic E-state index is 13.1. The van der Waals surface area contributed by atoms with Gasteiger partial charge in [0.15, 0.2) is 17.5 Å². The second-order valence-corrected chi connectivity index (χ2v) is 3.26. The number of alkyl halides is 1. The van der Waals surface area contributed by atoms with Crippen LogP contribution in [0.4, 0.5) is 17.6 Å². The third-order valence-electron chi connectivity index (χ3n) is 1.71. The van der Waals surface area contributed by atoms with Crippen molar-refractivity contribution in [3.63, 3.8) is 0 Å². The molecule has 1 aromatic rings. The molecule has 0 saturated heterocycles. The first kappa shape index (κ1) is 10.7. The number of hydrogen-bond donors (Lipinski definition) is 0. The second-order valence-electron chi connectivity index (χ2n) is 2.49. The molecule has 0 N–H and O–H groups in total. The summed E-state index contributed by atoms with van der Waals surface area (Å²) in [5.74, 6) is -5.50. The van der Waals surface area contributed by atoms with Gasteiger partial charge in [-0.05, 0) is 6.92 Å². The van der Waals surface area contributed by atoms with Crippen LogP contribution < -0.4 is 0 Å². The zero-order valence-electron chi connectivity index (χ0n) is 6.60. The summed E-state index contributed by atoms with van der Waals surface area (Å²) in [5.41, 5.74) is -0.900. The zero-order valence-corrected chi connectivity index (χ0v) is 8.75. The summed E-state index contributed by atoms with van der Waals surface area (Å²) in [4.78, 5) is 0. The van der Waals surface area contributed by atoms with Crippen LogP contribution in [0, 0.1) is 30.2 Å². The normalized spacial score (nSPS) is 10.6. The molecule has 1 rings (SSSR count). The van der Waals surface area contributed by atoms with Gasteiger partial charge in [-0.3, -0.25) is 0 Å². The minimum Gasteiger partial charge on any atom is -0.206 e. The van der Waals surface area contributed by atoms with Gasteiger partial charge in [-0.1, -0.05) is 22.6 Å². The fourth-order valence-electron chi connectivity index (χ4n) is 0.930. The van der Waals surface area contributed by atoms with E-state index in [2.05, 4.69) is 0 Å². The Kier molecular flexibility index (Phi) is 3.15. The smallest absolute Gasteiger partial charge is 0.195 e. The number of rotatable bonds is 1. The highest BCUT2D eigenvalue weighted by Crippen LogP contribution is 2.24. The zero-order chi connectivity index (χ0) is 10.2. The summed E-state index contributed by atoms with van der Waals surface area (Å²) in [6.07, 6.45) is 0. The fourth-order valence-corrected chi connectivity index (χ4v) is 1.60. The van der Waals surface area contributed by atoms with Crippen LogP contribution in [-0.2, 0) is 4.43 Å². The van der Waals surface area contributed by atoms with Gasteiger partial charge in [0.1, 0.15) is 5.82 Å². The van der Waals surface area contributed by atoms with Crippen LogP contribution in [0.5, 0.6) is 0 Å². The number of hydrogen-bond acceptors (Lipinski definition) is 0. The number of halogens is 5. The lowest BCUT2D eigenvalue weighted by Crippen LogP contribution is -2.04. The molecular formula is C8H5F4I. The highest BCUT2D eigenvalue weighted by atomic mass is 127. The molecule has 0 spiro atoms. The molecule has 0 heterocycles. The second kappa shape index (κ2) is 3.81. The molecule has 0 unspecified atom stereocenters. The van der Waals surface area contributed by atoms with Crippen molar-refractivity contribution in [2.24, 2.45) is 0 Å². The molecule has 72 valence electrons. The molecule has 0 atom stereocenters. The minimum atomic E-state index is -1.61. The van der Waals surface area contributed by atoms with E-state index in [4.69, 9.17) is 0 Å². The molecule has 0 bridgehead atoms. The van der Waals surface area contributed by atoms with Crippen molar-refractivity contribution < 1.29 is 17.6 Å². The topological polar surface area (TPSA) is 0 Å². The predicted octanol–water partition coefficient (Wildman–Crippen LogP) is 3.49. The van der Waals surface area contributed by atoms with Gasteiger partial charge >= 0.3 is 0 Å². The molecule has 0 amide bonds. The molecule has 0 aliphatic rings. The SMILES string of the molecule is Cc1c(F)c(F)c(F)c(CI)c1F. The Morgan fingerprint density at radius 1 is 0.923 bits per heavy atom. The third-order valence-corrected chi connectivity index (χ3v) is 2.47. The monoisotopic (exact) mass is 304 g/mol. The maximum atomic E-state index is 13.1. The van der Waals surface area contributed by atoms with E-state index in [-0.39, 0.29) is 4.43 Å². The Hall–Kier alpha value is -0.330. The summed E-state index contributed by atoms with van der Waals surface area (Å²) in [6.45, 7) is 1.07. The van der Waals surface area contributed by atoms with E-state index in [9.17, 15) is 17.6 Å². The Labute approximate surface area is 86.1 Å². The summed E-state index contributed by atoms with van der Waals surface area (Å²) >= 11 is 1.68. The molecule has 5 heteroatoms. The maximum Gasteiger partial charge on any atom is 0.195 e. The first-order valence-electron chi connectivity index (χ1n) is 3.38. The van der Waals surface area contributed by atoms with Crippen LogP contribution in [0.2, 0.25) is 0 Å². The lowest BCUT2D eigenvalue weighted by molar-refractivity contribution is 0.422. The third kappa shape index (κ3) is 1.66. The Morgan fingerprint density at radius 3 is 1.92 bits per heavy atom. The molecular weight excluding hydrogens is 299 g/mol. The Morgan fingerprint density at radius 2 is 1.46 bits per heavy atom. The average Bonchev–Trinajstić information content (AvgIpc) is 2.13. The Bertz CT molecular complexity index is 319. The van der Waals surface area contributed by atoms with Crippen molar-refractivity contribution in [2.45, 2.75) is 11.4 Å².